The number of furan rings is 1. The number of hydrogen-bond donors (Lipinski definition) is 0. The van der Waals surface area contributed by atoms with Gasteiger partial charge in [0.2, 0.25) is 0 Å². The molecule has 33 heavy (non-hydrogen) atoms. The number of amides is 2. The number of fused-ring (bicyclic) bond motifs is 1. The van der Waals surface area contributed by atoms with Crippen molar-refractivity contribution in [2.45, 2.75) is 39.2 Å². The molecule has 5 rings (SSSR count). The number of nitrogens with zero attached hydrogens (tertiary/aromatic N) is 4. The minimum Gasteiger partial charge on any atom is -0.451 e. The third-order valence-corrected chi connectivity index (χ3v) is 6.63. The van der Waals surface area contributed by atoms with E-state index in [0.717, 1.165) is 30.2 Å². The SMILES string of the molecule is Cc1nc([C@H]2CCCCN2C(=O)c2oc3ccccc3c2C)ncc1C(=O)N1CCOCC1. The summed E-state index contributed by atoms with van der Waals surface area (Å²) in [6.07, 6.45) is 4.30. The van der Waals surface area contributed by atoms with E-state index < -0.39 is 0 Å². The Morgan fingerprint density at radius 3 is 2.58 bits per heavy atom. The molecule has 1 aromatic carbocycles. The molecule has 1 atom stereocenters. The summed E-state index contributed by atoms with van der Waals surface area (Å²) in [6.45, 7) is 6.61. The van der Waals surface area contributed by atoms with Gasteiger partial charge >= 0.3 is 0 Å². The quantitative estimate of drug-likeness (QED) is 0.607. The Hall–Kier alpha value is -3.26. The predicted octanol–water partition coefficient (Wildman–Crippen LogP) is 3.68. The van der Waals surface area contributed by atoms with Gasteiger partial charge in [-0.15, -0.1) is 0 Å². The summed E-state index contributed by atoms with van der Waals surface area (Å²) in [5.41, 5.74) is 2.70. The number of morpholine rings is 1. The van der Waals surface area contributed by atoms with Gasteiger partial charge in [0.1, 0.15) is 5.58 Å². The van der Waals surface area contributed by atoms with E-state index in [1.807, 2.05) is 43.0 Å². The molecular formula is C25H28N4O4. The van der Waals surface area contributed by atoms with Crippen LogP contribution in [0, 0.1) is 13.8 Å². The molecule has 172 valence electrons. The summed E-state index contributed by atoms with van der Waals surface area (Å²) in [7, 11) is 0. The molecule has 2 aliphatic heterocycles. The van der Waals surface area contributed by atoms with E-state index in [2.05, 4.69) is 9.97 Å². The standard InChI is InChI=1S/C25H28N4O4/c1-16-18-7-3-4-9-21(18)33-22(16)25(31)29-10-6-5-8-20(29)23-26-15-19(17(2)27-23)24(30)28-11-13-32-14-12-28/h3-4,7,9,15,20H,5-6,8,10-14H2,1-2H3/t20-/m1/s1. The van der Waals surface area contributed by atoms with Crippen LogP contribution in [0.2, 0.25) is 0 Å². The fourth-order valence-corrected chi connectivity index (χ4v) is 4.74. The van der Waals surface area contributed by atoms with Gasteiger partial charge in [0.25, 0.3) is 11.8 Å². The number of likely N-dealkylation sites (tertiary alicyclic amines) is 1. The van der Waals surface area contributed by atoms with Gasteiger partial charge in [-0.25, -0.2) is 9.97 Å². The van der Waals surface area contributed by atoms with Crippen LogP contribution in [0.25, 0.3) is 11.0 Å². The van der Waals surface area contributed by atoms with E-state index in [0.29, 0.717) is 61.3 Å². The first-order valence-electron chi connectivity index (χ1n) is 11.5. The van der Waals surface area contributed by atoms with E-state index in [4.69, 9.17) is 9.15 Å². The van der Waals surface area contributed by atoms with Gasteiger partial charge in [-0.2, -0.15) is 0 Å². The van der Waals surface area contributed by atoms with Gasteiger partial charge in [0.05, 0.1) is 30.5 Å². The zero-order valence-electron chi connectivity index (χ0n) is 19.0. The molecule has 0 aliphatic carbocycles. The molecule has 0 radical (unpaired) electrons. The molecule has 0 N–H and O–H groups in total. The van der Waals surface area contributed by atoms with Crippen molar-refractivity contribution in [3.63, 3.8) is 0 Å². The zero-order chi connectivity index (χ0) is 22.9. The first-order chi connectivity index (χ1) is 16.0. The van der Waals surface area contributed by atoms with Gasteiger partial charge in [-0.3, -0.25) is 9.59 Å². The van der Waals surface area contributed by atoms with Crippen molar-refractivity contribution in [2.75, 3.05) is 32.8 Å². The number of carbonyl (C=O) groups excluding carboxylic acids is 2. The number of hydrogen-bond acceptors (Lipinski definition) is 6. The Morgan fingerprint density at radius 2 is 1.82 bits per heavy atom. The van der Waals surface area contributed by atoms with Crippen molar-refractivity contribution >= 4 is 22.8 Å². The van der Waals surface area contributed by atoms with E-state index in [9.17, 15) is 9.59 Å². The third kappa shape index (κ3) is 3.99. The Bertz CT molecular complexity index is 1200. The summed E-state index contributed by atoms with van der Waals surface area (Å²) in [4.78, 5) is 39.3. The lowest BCUT2D eigenvalue weighted by Crippen LogP contribution is -2.41. The van der Waals surface area contributed by atoms with Crippen molar-refractivity contribution < 1.29 is 18.7 Å². The summed E-state index contributed by atoms with van der Waals surface area (Å²) in [5.74, 6) is 0.742. The van der Waals surface area contributed by atoms with E-state index in [1.54, 1.807) is 11.1 Å². The zero-order valence-corrected chi connectivity index (χ0v) is 19.0. The number of rotatable bonds is 3. The number of benzene rings is 1. The fourth-order valence-electron chi connectivity index (χ4n) is 4.74. The lowest BCUT2D eigenvalue weighted by molar-refractivity contribution is 0.0301. The molecule has 0 saturated carbocycles. The third-order valence-electron chi connectivity index (χ3n) is 6.63. The van der Waals surface area contributed by atoms with Gasteiger partial charge in [0, 0.05) is 36.8 Å². The Labute approximate surface area is 192 Å². The topological polar surface area (TPSA) is 88.8 Å². The first-order valence-corrected chi connectivity index (χ1v) is 11.5. The average molecular weight is 449 g/mol. The molecule has 3 aromatic rings. The molecule has 2 saturated heterocycles. The number of piperidine rings is 1. The molecule has 0 bridgehead atoms. The maximum Gasteiger partial charge on any atom is 0.290 e. The highest BCUT2D eigenvalue weighted by Gasteiger charge is 2.34. The van der Waals surface area contributed by atoms with E-state index >= 15 is 0 Å². The van der Waals surface area contributed by atoms with Crippen LogP contribution < -0.4 is 0 Å². The van der Waals surface area contributed by atoms with E-state index in [-0.39, 0.29) is 17.9 Å². The van der Waals surface area contributed by atoms with Gasteiger partial charge in [0.15, 0.2) is 11.6 Å². The molecule has 4 heterocycles. The largest absolute Gasteiger partial charge is 0.451 e. The molecule has 0 spiro atoms. The second kappa shape index (κ2) is 8.94. The fraction of sp³-hybridized carbons (Fsp3) is 0.440. The van der Waals surface area contributed by atoms with Crippen molar-refractivity contribution in [3.05, 3.63) is 58.9 Å². The summed E-state index contributed by atoms with van der Waals surface area (Å²) >= 11 is 0. The normalized spacial score (nSPS) is 19.2. The Balaban J connectivity index is 1.42. The van der Waals surface area contributed by atoms with Crippen LogP contribution >= 0.6 is 0 Å². The van der Waals surface area contributed by atoms with Gasteiger partial charge in [-0.1, -0.05) is 18.2 Å². The molecule has 0 unspecified atom stereocenters. The van der Waals surface area contributed by atoms with Crippen molar-refractivity contribution in [1.82, 2.24) is 19.8 Å². The number of ether oxygens (including phenoxy) is 1. The van der Waals surface area contributed by atoms with Crippen LogP contribution in [-0.2, 0) is 4.74 Å². The van der Waals surface area contributed by atoms with Gasteiger partial charge in [-0.05, 0) is 39.2 Å². The molecular weight excluding hydrogens is 420 g/mol. The molecule has 2 fully saturated rings. The highest BCUT2D eigenvalue weighted by molar-refractivity contribution is 5.99. The molecule has 8 heteroatoms. The maximum atomic E-state index is 13.5. The lowest BCUT2D eigenvalue weighted by atomic mass is 10.00. The van der Waals surface area contributed by atoms with Crippen LogP contribution in [0.1, 0.15) is 63.3 Å². The number of carbonyl (C=O) groups is 2. The molecule has 2 amide bonds. The summed E-state index contributed by atoms with van der Waals surface area (Å²) < 4.78 is 11.3. The molecule has 2 aromatic heterocycles. The number of para-hydroxylation sites is 1. The lowest BCUT2D eigenvalue weighted by Gasteiger charge is -2.34. The Kier molecular flexibility index (Phi) is 5.85. The molecule has 2 aliphatic rings. The van der Waals surface area contributed by atoms with E-state index in [1.165, 1.54) is 0 Å². The van der Waals surface area contributed by atoms with Crippen molar-refractivity contribution in [1.29, 1.82) is 0 Å². The summed E-state index contributed by atoms with van der Waals surface area (Å²) in [5, 5.41) is 0.951. The maximum absolute atomic E-state index is 13.5. The monoisotopic (exact) mass is 448 g/mol. The Morgan fingerprint density at radius 1 is 1.03 bits per heavy atom. The second-order valence-corrected chi connectivity index (χ2v) is 8.69. The van der Waals surface area contributed by atoms with Crippen LogP contribution in [0.3, 0.4) is 0 Å². The predicted molar refractivity (Wildman–Crippen MR) is 122 cm³/mol. The van der Waals surface area contributed by atoms with Crippen molar-refractivity contribution in [3.8, 4) is 0 Å². The van der Waals surface area contributed by atoms with Crippen LogP contribution in [0.15, 0.2) is 34.9 Å². The molecule has 8 nitrogen and oxygen atoms in total. The van der Waals surface area contributed by atoms with Crippen LogP contribution in [0.5, 0.6) is 0 Å². The van der Waals surface area contributed by atoms with Gasteiger partial charge < -0.3 is 19.0 Å². The van der Waals surface area contributed by atoms with Crippen LogP contribution in [-0.4, -0.2) is 64.4 Å². The smallest absolute Gasteiger partial charge is 0.290 e. The number of aryl methyl sites for hydroxylation is 2. The number of aromatic nitrogens is 2. The highest BCUT2D eigenvalue weighted by atomic mass is 16.5. The minimum absolute atomic E-state index is 0.0724. The first kappa shape index (κ1) is 21.6. The second-order valence-electron chi connectivity index (χ2n) is 8.69. The average Bonchev–Trinajstić information content (AvgIpc) is 3.20. The summed E-state index contributed by atoms with van der Waals surface area (Å²) in [6, 6.07) is 7.45. The minimum atomic E-state index is -0.245. The highest BCUT2D eigenvalue weighted by Crippen LogP contribution is 2.33. The van der Waals surface area contributed by atoms with Crippen LogP contribution in [0.4, 0.5) is 0 Å². The van der Waals surface area contributed by atoms with Crippen molar-refractivity contribution in [2.24, 2.45) is 0 Å².